The fourth-order valence-electron chi connectivity index (χ4n) is 4.09. The number of nitrogens with zero attached hydrogens (tertiary/aromatic N) is 3. The first kappa shape index (κ1) is 24.6. The first-order chi connectivity index (χ1) is 17.3. The van der Waals surface area contributed by atoms with Gasteiger partial charge in [0.2, 0.25) is 11.8 Å². The Morgan fingerprint density at radius 2 is 1.72 bits per heavy atom. The van der Waals surface area contributed by atoms with Crippen LogP contribution < -0.4 is 20.1 Å². The van der Waals surface area contributed by atoms with E-state index in [-0.39, 0.29) is 18.2 Å². The van der Waals surface area contributed by atoms with Gasteiger partial charge in [-0.3, -0.25) is 14.9 Å². The highest BCUT2D eigenvalue weighted by Gasteiger charge is 2.55. The van der Waals surface area contributed by atoms with Gasteiger partial charge in [0.15, 0.2) is 11.4 Å². The molecule has 1 unspecified atom stereocenters. The number of benzene rings is 2. The molecule has 0 bridgehead atoms. The topological polar surface area (TPSA) is 123 Å². The summed E-state index contributed by atoms with van der Waals surface area (Å²) in [6.07, 6.45) is -0.0221. The maximum Gasteiger partial charge on any atom is 0.325 e. The largest absolute Gasteiger partial charge is 0.497 e. The normalized spacial score (nSPS) is 17.0. The van der Waals surface area contributed by atoms with Crippen molar-refractivity contribution < 1.29 is 28.2 Å². The van der Waals surface area contributed by atoms with E-state index in [2.05, 4.69) is 20.8 Å². The third-order valence-corrected chi connectivity index (χ3v) is 5.94. The third-order valence-electron chi connectivity index (χ3n) is 5.94. The molecule has 4 amide bonds. The maximum absolute atomic E-state index is 13.7. The molecule has 2 N–H and O–H groups in total. The van der Waals surface area contributed by atoms with Crippen LogP contribution >= 0.6 is 0 Å². The van der Waals surface area contributed by atoms with Crippen LogP contribution in [0.3, 0.4) is 0 Å². The number of carbonyl (C=O) groups excluding carboxylic acids is 3. The van der Waals surface area contributed by atoms with Crippen molar-refractivity contribution in [3.8, 4) is 11.6 Å². The lowest BCUT2D eigenvalue weighted by Gasteiger charge is -2.35. The quantitative estimate of drug-likeness (QED) is 0.440. The van der Waals surface area contributed by atoms with Gasteiger partial charge in [0.05, 0.1) is 20.6 Å². The standard InChI is InChI=1S/C25H24FN5O5/c1-35-19-9-3-16(4-10-19)13-14-31-24(34)28-23(33)25(31,17-5-7-18(26)8-6-17)15-21(32)27-20-11-12-22(36-2)30-29-20/h3-12H,13-15H2,1-2H3,(H,27,29,32)(H,28,33,34). The summed E-state index contributed by atoms with van der Waals surface area (Å²) in [7, 11) is 3.00. The molecule has 0 aliphatic carbocycles. The predicted octanol–water partition coefficient (Wildman–Crippen LogP) is 2.65. The lowest BCUT2D eigenvalue weighted by molar-refractivity contribution is -0.131. The Labute approximate surface area is 206 Å². The van der Waals surface area contributed by atoms with Crippen LogP contribution in [0.1, 0.15) is 17.5 Å². The summed E-state index contributed by atoms with van der Waals surface area (Å²) in [4.78, 5) is 40.6. The molecule has 3 aromatic rings. The summed E-state index contributed by atoms with van der Waals surface area (Å²) in [5.41, 5.74) is -0.492. The van der Waals surface area contributed by atoms with Gasteiger partial charge in [0.25, 0.3) is 5.91 Å². The van der Waals surface area contributed by atoms with E-state index < -0.39 is 35.6 Å². The summed E-state index contributed by atoms with van der Waals surface area (Å²) in [5.74, 6) is -0.679. The number of hydrogen-bond donors (Lipinski definition) is 2. The zero-order valence-corrected chi connectivity index (χ0v) is 19.7. The van der Waals surface area contributed by atoms with E-state index in [9.17, 15) is 18.8 Å². The van der Waals surface area contributed by atoms with Crippen LogP contribution in [0.25, 0.3) is 0 Å². The summed E-state index contributed by atoms with van der Waals surface area (Å²) in [6.45, 7) is 0.122. The van der Waals surface area contributed by atoms with Gasteiger partial charge >= 0.3 is 6.03 Å². The van der Waals surface area contributed by atoms with E-state index in [0.29, 0.717) is 17.7 Å². The van der Waals surface area contributed by atoms with Gasteiger partial charge in [-0.15, -0.1) is 10.2 Å². The second kappa shape index (κ2) is 10.4. The number of carbonyl (C=O) groups is 3. The molecule has 4 rings (SSSR count). The molecular weight excluding hydrogens is 469 g/mol. The maximum atomic E-state index is 13.7. The van der Waals surface area contributed by atoms with Crippen molar-refractivity contribution in [3.63, 3.8) is 0 Å². The van der Waals surface area contributed by atoms with Crippen molar-refractivity contribution in [1.29, 1.82) is 0 Å². The molecule has 36 heavy (non-hydrogen) atoms. The van der Waals surface area contributed by atoms with Crippen molar-refractivity contribution in [1.82, 2.24) is 20.4 Å². The molecule has 186 valence electrons. The van der Waals surface area contributed by atoms with Gasteiger partial charge in [-0.2, -0.15) is 0 Å². The molecule has 1 fully saturated rings. The number of nitrogens with one attached hydrogen (secondary N) is 2. The number of anilines is 1. The summed E-state index contributed by atoms with van der Waals surface area (Å²) < 4.78 is 23.9. The Balaban J connectivity index is 1.64. The molecule has 1 aliphatic rings. The molecule has 0 spiro atoms. The van der Waals surface area contributed by atoms with Crippen molar-refractivity contribution in [2.45, 2.75) is 18.4 Å². The third kappa shape index (κ3) is 4.95. The minimum absolute atomic E-state index is 0.122. The Hall–Kier alpha value is -4.54. The zero-order valence-electron chi connectivity index (χ0n) is 19.7. The van der Waals surface area contributed by atoms with E-state index >= 15 is 0 Å². The molecule has 2 aromatic carbocycles. The van der Waals surface area contributed by atoms with Gasteiger partial charge in [0, 0.05) is 12.6 Å². The van der Waals surface area contributed by atoms with Crippen LogP contribution in [0.5, 0.6) is 11.6 Å². The highest BCUT2D eigenvalue weighted by Crippen LogP contribution is 2.37. The lowest BCUT2D eigenvalue weighted by atomic mass is 9.84. The van der Waals surface area contributed by atoms with Crippen LogP contribution in [0.4, 0.5) is 15.0 Å². The van der Waals surface area contributed by atoms with Crippen molar-refractivity contribution >= 4 is 23.7 Å². The molecular formula is C25H24FN5O5. The number of hydrogen-bond acceptors (Lipinski definition) is 7. The van der Waals surface area contributed by atoms with Crippen LogP contribution in [0.2, 0.25) is 0 Å². The SMILES string of the molecule is COc1ccc(CCN2C(=O)NC(=O)C2(CC(=O)Nc2ccc(OC)nn2)c2ccc(F)cc2)cc1. The Bertz CT molecular complexity index is 1250. The van der Waals surface area contributed by atoms with Crippen LogP contribution in [0, 0.1) is 5.82 Å². The number of aromatic nitrogens is 2. The summed E-state index contributed by atoms with van der Waals surface area (Å²) in [6, 6.07) is 14.8. The van der Waals surface area contributed by atoms with Crippen LogP contribution in [-0.2, 0) is 21.5 Å². The minimum Gasteiger partial charge on any atom is -0.497 e. The van der Waals surface area contributed by atoms with Crippen LogP contribution in [-0.4, -0.2) is 53.7 Å². The number of halogens is 1. The second-order valence-corrected chi connectivity index (χ2v) is 8.06. The minimum atomic E-state index is -1.69. The Kier molecular flexibility index (Phi) is 7.09. The van der Waals surface area contributed by atoms with Gasteiger partial charge in [-0.1, -0.05) is 24.3 Å². The second-order valence-electron chi connectivity index (χ2n) is 8.06. The number of methoxy groups -OCH3 is 2. The predicted molar refractivity (Wildman–Crippen MR) is 127 cm³/mol. The molecule has 1 aliphatic heterocycles. The number of imide groups is 1. The summed E-state index contributed by atoms with van der Waals surface area (Å²) >= 11 is 0. The highest BCUT2D eigenvalue weighted by atomic mass is 19.1. The Morgan fingerprint density at radius 3 is 2.33 bits per heavy atom. The van der Waals surface area contributed by atoms with E-state index in [1.165, 1.54) is 48.4 Å². The Morgan fingerprint density at radius 1 is 1.00 bits per heavy atom. The average molecular weight is 493 g/mol. The molecule has 0 saturated carbocycles. The number of urea groups is 1. The van der Waals surface area contributed by atoms with E-state index in [1.54, 1.807) is 19.2 Å². The molecule has 0 radical (unpaired) electrons. The zero-order chi connectivity index (χ0) is 25.7. The summed E-state index contributed by atoms with van der Waals surface area (Å²) in [5, 5.41) is 12.6. The van der Waals surface area contributed by atoms with E-state index in [4.69, 9.17) is 9.47 Å². The average Bonchev–Trinajstić information content (AvgIpc) is 3.12. The number of ether oxygens (including phenoxy) is 2. The van der Waals surface area contributed by atoms with Gasteiger partial charge < -0.3 is 19.7 Å². The van der Waals surface area contributed by atoms with Gasteiger partial charge in [-0.05, 0) is 47.9 Å². The van der Waals surface area contributed by atoms with Crippen molar-refractivity contribution in [2.24, 2.45) is 0 Å². The smallest absolute Gasteiger partial charge is 0.325 e. The number of rotatable bonds is 9. The van der Waals surface area contributed by atoms with Gasteiger partial charge in [0.1, 0.15) is 11.6 Å². The van der Waals surface area contributed by atoms with Gasteiger partial charge in [-0.25, -0.2) is 9.18 Å². The molecule has 11 heteroatoms. The number of amides is 4. The molecule has 1 saturated heterocycles. The van der Waals surface area contributed by atoms with E-state index in [0.717, 1.165) is 5.56 Å². The van der Waals surface area contributed by atoms with Crippen molar-refractivity contribution in [3.05, 3.63) is 77.6 Å². The molecule has 10 nitrogen and oxygen atoms in total. The molecule has 1 aromatic heterocycles. The van der Waals surface area contributed by atoms with Crippen molar-refractivity contribution in [2.75, 3.05) is 26.1 Å². The molecule has 1 atom stereocenters. The van der Waals surface area contributed by atoms with E-state index in [1.807, 2.05) is 12.1 Å². The fraction of sp³-hybridized carbons (Fsp3) is 0.240. The highest BCUT2D eigenvalue weighted by molar-refractivity contribution is 6.10. The fourth-order valence-corrected chi connectivity index (χ4v) is 4.09. The first-order valence-corrected chi connectivity index (χ1v) is 11.1. The first-order valence-electron chi connectivity index (χ1n) is 11.1. The monoisotopic (exact) mass is 493 g/mol. The lowest BCUT2D eigenvalue weighted by Crippen LogP contribution is -2.50. The molecule has 2 heterocycles. The van der Waals surface area contributed by atoms with Crippen LogP contribution in [0.15, 0.2) is 60.7 Å².